The van der Waals surface area contributed by atoms with Crippen LogP contribution in [0, 0.1) is 0 Å². The van der Waals surface area contributed by atoms with Crippen LogP contribution >= 0.6 is 0 Å². The highest BCUT2D eigenvalue weighted by molar-refractivity contribution is 5.18. The Bertz CT molecular complexity index is 378. The van der Waals surface area contributed by atoms with Crippen LogP contribution in [-0.2, 0) is 6.54 Å². The van der Waals surface area contributed by atoms with Crippen LogP contribution in [0.4, 0.5) is 0 Å². The summed E-state index contributed by atoms with van der Waals surface area (Å²) in [6.45, 7) is 0.975. The maximum absolute atomic E-state index is 6.10. The second-order valence-electron chi connectivity index (χ2n) is 3.73. The van der Waals surface area contributed by atoms with Gasteiger partial charge in [0, 0.05) is 25.0 Å². The molecule has 1 unspecified atom stereocenters. The standard InChI is InChI=1S/C13H16N2/c14-13(12-6-2-1-3-7-12)8-11-15-9-4-5-10-15/h1-7,9-10,13H,8,11,14H2. The predicted octanol–water partition coefficient (Wildman–Crippen LogP) is 2.58. The van der Waals surface area contributed by atoms with E-state index in [2.05, 4.69) is 29.1 Å². The van der Waals surface area contributed by atoms with Crippen molar-refractivity contribution < 1.29 is 0 Å². The van der Waals surface area contributed by atoms with E-state index in [-0.39, 0.29) is 6.04 Å². The van der Waals surface area contributed by atoms with Crippen LogP contribution in [-0.4, -0.2) is 4.57 Å². The van der Waals surface area contributed by atoms with Crippen LogP contribution in [0.3, 0.4) is 0 Å². The summed E-state index contributed by atoms with van der Waals surface area (Å²) in [5, 5.41) is 0. The van der Waals surface area contributed by atoms with Crippen molar-refractivity contribution in [3.05, 3.63) is 60.4 Å². The molecule has 2 aromatic rings. The molecule has 0 aliphatic rings. The molecular weight excluding hydrogens is 184 g/mol. The van der Waals surface area contributed by atoms with E-state index in [0.29, 0.717) is 0 Å². The van der Waals surface area contributed by atoms with Crippen molar-refractivity contribution in [2.45, 2.75) is 19.0 Å². The molecule has 0 saturated heterocycles. The number of aryl methyl sites for hydroxylation is 1. The first-order valence-electron chi connectivity index (χ1n) is 5.27. The van der Waals surface area contributed by atoms with E-state index in [1.165, 1.54) is 5.56 Å². The van der Waals surface area contributed by atoms with Crippen LogP contribution in [0.1, 0.15) is 18.0 Å². The zero-order chi connectivity index (χ0) is 10.5. The van der Waals surface area contributed by atoms with E-state index in [1.807, 2.05) is 30.3 Å². The molecule has 0 aliphatic carbocycles. The molecular formula is C13H16N2. The molecule has 0 saturated carbocycles. The smallest absolute Gasteiger partial charge is 0.0311 e. The van der Waals surface area contributed by atoms with Crippen molar-refractivity contribution in [1.82, 2.24) is 4.57 Å². The maximum atomic E-state index is 6.10. The summed E-state index contributed by atoms with van der Waals surface area (Å²) in [5.41, 5.74) is 7.31. The third-order valence-corrected chi connectivity index (χ3v) is 2.59. The van der Waals surface area contributed by atoms with E-state index in [1.54, 1.807) is 0 Å². The zero-order valence-corrected chi connectivity index (χ0v) is 8.71. The molecule has 0 radical (unpaired) electrons. The van der Waals surface area contributed by atoms with E-state index >= 15 is 0 Å². The first-order valence-corrected chi connectivity index (χ1v) is 5.27. The SMILES string of the molecule is NC(CCn1cccc1)c1ccccc1. The molecule has 0 bridgehead atoms. The average Bonchev–Trinajstić information content (AvgIpc) is 2.80. The van der Waals surface area contributed by atoms with Gasteiger partial charge in [0.25, 0.3) is 0 Å². The highest BCUT2D eigenvalue weighted by Gasteiger charge is 2.04. The number of nitrogens with zero attached hydrogens (tertiary/aromatic N) is 1. The van der Waals surface area contributed by atoms with Gasteiger partial charge >= 0.3 is 0 Å². The Labute approximate surface area is 90.3 Å². The van der Waals surface area contributed by atoms with E-state index in [9.17, 15) is 0 Å². The Kier molecular flexibility index (Phi) is 3.20. The van der Waals surface area contributed by atoms with Crippen LogP contribution in [0.25, 0.3) is 0 Å². The van der Waals surface area contributed by atoms with Gasteiger partial charge in [0.2, 0.25) is 0 Å². The van der Waals surface area contributed by atoms with Gasteiger partial charge in [0.15, 0.2) is 0 Å². The lowest BCUT2D eigenvalue weighted by molar-refractivity contribution is 0.562. The highest BCUT2D eigenvalue weighted by Crippen LogP contribution is 2.13. The average molecular weight is 200 g/mol. The number of benzene rings is 1. The molecule has 2 nitrogen and oxygen atoms in total. The summed E-state index contributed by atoms with van der Waals surface area (Å²) in [4.78, 5) is 0. The number of nitrogens with two attached hydrogens (primary N) is 1. The zero-order valence-electron chi connectivity index (χ0n) is 8.71. The minimum absolute atomic E-state index is 0.133. The lowest BCUT2D eigenvalue weighted by Crippen LogP contribution is -2.12. The summed E-state index contributed by atoms with van der Waals surface area (Å²) < 4.78 is 2.16. The maximum Gasteiger partial charge on any atom is 0.0311 e. The fourth-order valence-corrected chi connectivity index (χ4v) is 1.67. The fourth-order valence-electron chi connectivity index (χ4n) is 1.67. The van der Waals surface area contributed by atoms with Crippen molar-refractivity contribution in [2.75, 3.05) is 0 Å². The van der Waals surface area contributed by atoms with Gasteiger partial charge in [-0.25, -0.2) is 0 Å². The topological polar surface area (TPSA) is 30.9 Å². The molecule has 1 aromatic heterocycles. The van der Waals surface area contributed by atoms with Crippen molar-refractivity contribution in [3.8, 4) is 0 Å². The summed E-state index contributed by atoms with van der Waals surface area (Å²) in [5.74, 6) is 0. The largest absolute Gasteiger partial charge is 0.354 e. The summed E-state index contributed by atoms with van der Waals surface area (Å²) in [7, 11) is 0. The van der Waals surface area contributed by atoms with Gasteiger partial charge in [-0.1, -0.05) is 30.3 Å². The van der Waals surface area contributed by atoms with Crippen molar-refractivity contribution >= 4 is 0 Å². The quantitative estimate of drug-likeness (QED) is 0.808. The summed E-state index contributed by atoms with van der Waals surface area (Å²) >= 11 is 0. The van der Waals surface area contributed by atoms with Crippen LogP contribution in [0.15, 0.2) is 54.9 Å². The van der Waals surface area contributed by atoms with Gasteiger partial charge in [-0.05, 0) is 24.1 Å². The molecule has 15 heavy (non-hydrogen) atoms. The number of hydrogen-bond acceptors (Lipinski definition) is 1. The molecule has 78 valence electrons. The Morgan fingerprint density at radius 2 is 1.67 bits per heavy atom. The first kappa shape index (κ1) is 9.99. The minimum atomic E-state index is 0.133. The second-order valence-corrected chi connectivity index (χ2v) is 3.73. The first-order chi connectivity index (χ1) is 7.36. The Balaban J connectivity index is 1.90. The Morgan fingerprint density at radius 1 is 1.00 bits per heavy atom. The third-order valence-electron chi connectivity index (χ3n) is 2.59. The predicted molar refractivity (Wildman–Crippen MR) is 62.4 cm³/mol. The molecule has 2 rings (SSSR count). The monoisotopic (exact) mass is 200 g/mol. The Morgan fingerprint density at radius 3 is 2.33 bits per heavy atom. The molecule has 1 atom stereocenters. The van der Waals surface area contributed by atoms with E-state index in [4.69, 9.17) is 5.73 Å². The van der Waals surface area contributed by atoms with Crippen LogP contribution < -0.4 is 5.73 Å². The minimum Gasteiger partial charge on any atom is -0.354 e. The summed E-state index contributed by atoms with van der Waals surface area (Å²) in [6.07, 6.45) is 5.11. The molecule has 0 amide bonds. The molecule has 0 fully saturated rings. The third kappa shape index (κ3) is 2.70. The lowest BCUT2D eigenvalue weighted by Gasteiger charge is -2.12. The van der Waals surface area contributed by atoms with Gasteiger partial charge in [-0.2, -0.15) is 0 Å². The van der Waals surface area contributed by atoms with Gasteiger partial charge < -0.3 is 10.3 Å². The second kappa shape index (κ2) is 4.80. The van der Waals surface area contributed by atoms with E-state index in [0.717, 1.165) is 13.0 Å². The summed E-state index contributed by atoms with van der Waals surface area (Å²) in [6, 6.07) is 14.5. The van der Waals surface area contributed by atoms with Gasteiger partial charge in [0.05, 0.1) is 0 Å². The molecule has 2 N–H and O–H groups in total. The van der Waals surface area contributed by atoms with Crippen molar-refractivity contribution in [3.63, 3.8) is 0 Å². The van der Waals surface area contributed by atoms with Crippen LogP contribution in [0.2, 0.25) is 0 Å². The number of hydrogen-bond donors (Lipinski definition) is 1. The van der Waals surface area contributed by atoms with Gasteiger partial charge in [0.1, 0.15) is 0 Å². The normalized spacial score (nSPS) is 12.6. The fraction of sp³-hybridized carbons (Fsp3) is 0.231. The molecule has 0 spiro atoms. The van der Waals surface area contributed by atoms with Crippen molar-refractivity contribution in [1.29, 1.82) is 0 Å². The molecule has 1 aromatic carbocycles. The van der Waals surface area contributed by atoms with Gasteiger partial charge in [-0.15, -0.1) is 0 Å². The van der Waals surface area contributed by atoms with E-state index < -0.39 is 0 Å². The van der Waals surface area contributed by atoms with Crippen molar-refractivity contribution in [2.24, 2.45) is 5.73 Å². The Hall–Kier alpha value is -1.54. The lowest BCUT2D eigenvalue weighted by atomic mass is 10.1. The molecule has 0 aliphatic heterocycles. The number of rotatable bonds is 4. The highest BCUT2D eigenvalue weighted by atomic mass is 14.9. The molecule has 2 heteroatoms. The van der Waals surface area contributed by atoms with Crippen LogP contribution in [0.5, 0.6) is 0 Å². The number of aromatic nitrogens is 1. The molecule has 1 heterocycles. The van der Waals surface area contributed by atoms with Gasteiger partial charge in [-0.3, -0.25) is 0 Å².